The molecule has 2 atom stereocenters. The molecule has 2 aliphatic heterocycles. The highest BCUT2D eigenvalue weighted by Crippen LogP contribution is 2.41. The molecule has 0 radical (unpaired) electrons. The van der Waals surface area contributed by atoms with Gasteiger partial charge < -0.3 is 14.7 Å². The third kappa shape index (κ3) is 3.26. The number of hydrogen-bond acceptors (Lipinski definition) is 3. The first-order chi connectivity index (χ1) is 11.4. The number of aliphatic hydroxyl groups is 1. The van der Waals surface area contributed by atoms with Crippen molar-refractivity contribution in [3.8, 4) is 0 Å². The van der Waals surface area contributed by atoms with E-state index in [9.17, 15) is 23.1 Å². The number of carbonyl (C=O) groups excluding carboxylic acids is 1. The number of halogens is 3. The fourth-order valence-electron chi connectivity index (χ4n) is 3.23. The number of β-amino-alcohol motifs (C(OH)–C–C–N with tert-alkyl or cyclic N) is 1. The van der Waals surface area contributed by atoms with E-state index in [0.717, 1.165) is 12.5 Å². The summed E-state index contributed by atoms with van der Waals surface area (Å²) in [6, 6.07) is 4.36. The Kier molecular flexibility index (Phi) is 4.54. The van der Waals surface area contributed by atoms with Gasteiger partial charge >= 0.3 is 6.18 Å². The van der Waals surface area contributed by atoms with Gasteiger partial charge in [-0.3, -0.25) is 4.79 Å². The summed E-state index contributed by atoms with van der Waals surface area (Å²) in [5.41, 5.74) is -0.772. The minimum atomic E-state index is -4.51. The molecule has 2 aliphatic rings. The molecule has 1 aromatic carbocycles. The first kappa shape index (κ1) is 16.8. The lowest BCUT2D eigenvalue weighted by Crippen LogP contribution is -2.35. The quantitative estimate of drug-likeness (QED) is 0.900. The molecule has 0 saturated carbocycles. The molecule has 0 aromatic heterocycles. The van der Waals surface area contributed by atoms with Gasteiger partial charge in [0.1, 0.15) is 0 Å². The summed E-state index contributed by atoms with van der Waals surface area (Å²) in [6.07, 6.45) is -2.14. The number of benzene rings is 1. The molecule has 130 valence electrons. The van der Waals surface area contributed by atoms with Crippen LogP contribution in [0.15, 0.2) is 36.1 Å². The molecule has 1 amide bonds. The normalized spacial score (nSPS) is 24.5. The number of allylic oxidation sites excluding steroid dienone is 1. The molecule has 3 rings (SSSR count). The predicted molar refractivity (Wildman–Crippen MR) is 79.8 cm³/mol. The fourth-order valence-corrected chi connectivity index (χ4v) is 3.23. The van der Waals surface area contributed by atoms with E-state index in [4.69, 9.17) is 4.74 Å². The third-order valence-electron chi connectivity index (χ3n) is 4.31. The molecule has 7 heteroatoms. The summed E-state index contributed by atoms with van der Waals surface area (Å²) in [5, 5.41) is 9.94. The Balaban J connectivity index is 1.94. The van der Waals surface area contributed by atoms with E-state index >= 15 is 0 Å². The molecule has 1 fully saturated rings. The number of hydrogen-bond donors (Lipinski definition) is 1. The Morgan fingerprint density at radius 3 is 2.71 bits per heavy atom. The Hall–Kier alpha value is -2.02. The molecule has 0 spiro atoms. The van der Waals surface area contributed by atoms with Crippen molar-refractivity contribution in [3.05, 3.63) is 47.2 Å². The van der Waals surface area contributed by atoms with E-state index in [1.54, 1.807) is 6.08 Å². The van der Waals surface area contributed by atoms with E-state index in [1.165, 1.54) is 23.1 Å². The van der Waals surface area contributed by atoms with Crippen LogP contribution in [-0.4, -0.2) is 35.2 Å². The second kappa shape index (κ2) is 6.47. The van der Waals surface area contributed by atoms with E-state index < -0.39 is 29.8 Å². The predicted octanol–water partition coefficient (Wildman–Crippen LogP) is 3.03. The van der Waals surface area contributed by atoms with Crippen LogP contribution in [0.2, 0.25) is 0 Å². The van der Waals surface area contributed by atoms with Gasteiger partial charge in [0.15, 0.2) is 5.76 Å². The second-order valence-electron chi connectivity index (χ2n) is 6.01. The Bertz CT molecular complexity index is 657. The van der Waals surface area contributed by atoms with Crippen molar-refractivity contribution in [2.24, 2.45) is 0 Å². The number of alkyl halides is 3. The van der Waals surface area contributed by atoms with Gasteiger partial charge in [0, 0.05) is 6.54 Å². The van der Waals surface area contributed by atoms with Gasteiger partial charge in [-0.1, -0.05) is 18.2 Å². The van der Waals surface area contributed by atoms with Crippen LogP contribution in [0.5, 0.6) is 0 Å². The molecule has 4 nitrogen and oxygen atoms in total. The number of rotatable bonds is 2. The van der Waals surface area contributed by atoms with E-state index in [1.807, 2.05) is 0 Å². The average molecular weight is 341 g/mol. The SMILES string of the molecule is O=C(C1=CCCCO1)N1CC(O)CC1c1ccccc1C(F)(F)F. The van der Waals surface area contributed by atoms with Crippen molar-refractivity contribution in [1.82, 2.24) is 4.90 Å². The zero-order chi connectivity index (χ0) is 17.3. The van der Waals surface area contributed by atoms with Crippen molar-refractivity contribution in [2.75, 3.05) is 13.2 Å². The van der Waals surface area contributed by atoms with Gasteiger partial charge in [0.2, 0.25) is 0 Å². The molecule has 1 N–H and O–H groups in total. The number of aliphatic hydroxyl groups excluding tert-OH is 1. The van der Waals surface area contributed by atoms with Gasteiger partial charge in [-0.15, -0.1) is 0 Å². The number of carbonyl (C=O) groups is 1. The Labute approximate surface area is 137 Å². The smallest absolute Gasteiger partial charge is 0.416 e. The highest BCUT2D eigenvalue weighted by molar-refractivity contribution is 5.92. The zero-order valence-electron chi connectivity index (χ0n) is 12.9. The van der Waals surface area contributed by atoms with Crippen LogP contribution in [0.4, 0.5) is 13.2 Å². The summed E-state index contributed by atoms with van der Waals surface area (Å²) >= 11 is 0. The van der Waals surface area contributed by atoms with Gasteiger partial charge in [-0.25, -0.2) is 0 Å². The number of likely N-dealkylation sites (tertiary alicyclic amines) is 1. The summed E-state index contributed by atoms with van der Waals surface area (Å²) in [6.45, 7) is 0.411. The van der Waals surface area contributed by atoms with Crippen LogP contribution in [0.1, 0.15) is 36.4 Å². The lowest BCUT2D eigenvalue weighted by atomic mass is 9.97. The summed E-state index contributed by atoms with van der Waals surface area (Å²) in [7, 11) is 0. The van der Waals surface area contributed by atoms with E-state index in [-0.39, 0.29) is 24.3 Å². The van der Waals surface area contributed by atoms with Crippen molar-refractivity contribution < 1.29 is 27.8 Å². The summed E-state index contributed by atoms with van der Waals surface area (Å²) in [5.74, 6) is -0.307. The zero-order valence-corrected chi connectivity index (χ0v) is 12.9. The van der Waals surface area contributed by atoms with Crippen molar-refractivity contribution in [1.29, 1.82) is 0 Å². The van der Waals surface area contributed by atoms with E-state index in [2.05, 4.69) is 0 Å². The molecule has 1 aromatic rings. The van der Waals surface area contributed by atoms with Crippen LogP contribution in [0, 0.1) is 0 Å². The molecule has 2 unspecified atom stereocenters. The maximum Gasteiger partial charge on any atom is 0.416 e. The third-order valence-corrected chi connectivity index (χ3v) is 4.31. The molecule has 2 heterocycles. The van der Waals surface area contributed by atoms with Gasteiger partial charge in [-0.05, 0) is 37.0 Å². The van der Waals surface area contributed by atoms with Crippen LogP contribution in [-0.2, 0) is 15.7 Å². The van der Waals surface area contributed by atoms with Crippen LogP contribution >= 0.6 is 0 Å². The number of nitrogens with zero attached hydrogens (tertiary/aromatic N) is 1. The first-order valence-electron chi connectivity index (χ1n) is 7.86. The minimum absolute atomic E-state index is 0.00358. The Morgan fingerprint density at radius 2 is 2.04 bits per heavy atom. The monoisotopic (exact) mass is 341 g/mol. The number of ether oxygens (including phenoxy) is 1. The maximum absolute atomic E-state index is 13.3. The second-order valence-corrected chi connectivity index (χ2v) is 6.01. The van der Waals surface area contributed by atoms with Crippen molar-refractivity contribution >= 4 is 5.91 Å². The van der Waals surface area contributed by atoms with Gasteiger partial charge in [-0.2, -0.15) is 13.2 Å². The van der Waals surface area contributed by atoms with Crippen molar-refractivity contribution in [2.45, 2.75) is 37.6 Å². The molecule has 0 bridgehead atoms. The van der Waals surface area contributed by atoms with Crippen LogP contribution < -0.4 is 0 Å². The summed E-state index contributed by atoms with van der Waals surface area (Å²) in [4.78, 5) is 13.9. The van der Waals surface area contributed by atoms with E-state index in [0.29, 0.717) is 13.0 Å². The molecule has 24 heavy (non-hydrogen) atoms. The van der Waals surface area contributed by atoms with Crippen molar-refractivity contribution in [3.63, 3.8) is 0 Å². The lowest BCUT2D eigenvalue weighted by molar-refractivity contribution is -0.140. The minimum Gasteiger partial charge on any atom is -0.488 e. The van der Waals surface area contributed by atoms with Crippen LogP contribution in [0.3, 0.4) is 0 Å². The number of amides is 1. The molecule has 1 saturated heterocycles. The van der Waals surface area contributed by atoms with Gasteiger partial charge in [0.05, 0.1) is 24.3 Å². The maximum atomic E-state index is 13.3. The topological polar surface area (TPSA) is 49.8 Å². The molecular weight excluding hydrogens is 323 g/mol. The first-order valence-corrected chi connectivity index (χ1v) is 7.86. The van der Waals surface area contributed by atoms with Gasteiger partial charge in [0.25, 0.3) is 5.91 Å². The largest absolute Gasteiger partial charge is 0.488 e. The standard InChI is InChI=1S/C17H18F3NO3/c18-17(19,20)13-6-2-1-5-12(13)14-9-11(22)10-21(14)16(23)15-7-3-4-8-24-15/h1-2,5-7,11,14,22H,3-4,8-10H2. The molecule has 0 aliphatic carbocycles. The fraction of sp³-hybridized carbons (Fsp3) is 0.471. The Morgan fingerprint density at radius 1 is 1.29 bits per heavy atom. The summed E-state index contributed by atoms with van der Waals surface area (Å²) < 4.78 is 45.2. The highest BCUT2D eigenvalue weighted by atomic mass is 19.4. The lowest BCUT2D eigenvalue weighted by Gasteiger charge is -2.28. The highest BCUT2D eigenvalue weighted by Gasteiger charge is 2.42. The van der Waals surface area contributed by atoms with Crippen LogP contribution in [0.25, 0.3) is 0 Å². The average Bonchev–Trinajstić information content (AvgIpc) is 2.96. The molecular formula is C17H18F3NO3.